The predicted octanol–water partition coefficient (Wildman–Crippen LogP) is -0.147. The van der Waals surface area contributed by atoms with Crippen molar-refractivity contribution in [3.05, 3.63) is 59.4 Å². The van der Waals surface area contributed by atoms with Crippen LogP contribution < -0.4 is 15.4 Å². The summed E-state index contributed by atoms with van der Waals surface area (Å²) in [6.45, 7) is 1.83. The van der Waals surface area contributed by atoms with Crippen LogP contribution >= 0.6 is 0 Å². The van der Waals surface area contributed by atoms with Crippen LogP contribution in [0.25, 0.3) is 0 Å². The maximum absolute atomic E-state index is 12.4. The number of hydrogen-bond donors (Lipinski definition) is 3. The van der Waals surface area contributed by atoms with Gasteiger partial charge in [0, 0.05) is 18.3 Å². The molecule has 0 saturated carbocycles. The molecule has 3 N–H and O–H groups in total. The molecule has 0 spiro atoms. The zero-order chi connectivity index (χ0) is 23.0. The van der Waals surface area contributed by atoms with Gasteiger partial charge in [-0.05, 0) is 43.3 Å². The Labute approximate surface area is 178 Å². The van der Waals surface area contributed by atoms with E-state index in [0.717, 1.165) is 6.20 Å². The number of sulfonamides is 1. The van der Waals surface area contributed by atoms with E-state index >= 15 is 0 Å². The Hall–Kier alpha value is -3.80. The maximum Gasteiger partial charge on any atom is 0.325 e. The van der Waals surface area contributed by atoms with Gasteiger partial charge in [-0.1, -0.05) is 0 Å². The highest BCUT2D eigenvalue weighted by molar-refractivity contribution is 7.90. The molecule has 0 radical (unpaired) electrons. The highest BCUT2D eigenvalue weighted by Crippen LogP contribution is 2.12. The lowest BCUT2D eigenvalue weighted by atomic mass is 10.2. The van der Waals surface area contributed by atoms with Crippen molar-refractivity contribution < 1.29 is 32.3 Å². The van der Waals surface area contributed by atoms with Crippen molar-refractivity contribution in [2.24, 2.45) is 0 Å². The van der Waals surface area contributed by atoms with Crippen molar-refractivity contribution in [3.63, 3.8) is 0 Å². The zero-order valence-corrected chi connectivity index (χ0v) is 17.5. The molecule has 1 heterocycles. The van der Waals surface area contributed by atoms with Crippen LogP contribution in [0.15, 0.2) is 47.5 Å². The summed E-state index contributed by atoms with van der Waals surface area (Å²) in [6, 6.07) is 7.47. The lowest BCUT2D eigenvalue weighted by Gasteiger charge is -2.08. The number of carbonyl (C=O) groups is 4. The first-order valence-corrected chi connectivity index (χ1v) is 10.4. The number of aromatic nitrogens is 1. The Kier molecular flexibility index (Phi) is 7.80. The minimum absolute atomic E-state index is 0.0794. The highest BCUT2D eigenvalue weighted by atomic mass is 32.2. The molecule has 1 aromatic heterocycles. The van der Waals surface area contributed by atoms with E-state index in [1.165, 1.54) is 43.5 Å². The van der Waals surface area contributed by atoms with Gasteiger partial charge in [0.15, 0.2) is 0 Å². The van der Waals surface area contributed by atoms with Gasteiger partial charge in [0.05, 0.1) is 17.6 Å². The second-order valence-corrected chi connectivity index (χ2v) is 7.69. The van der Waals surface area contributed by atoms with Gasteiger partial charge >= 0.3 is 5.97 Å². The smallest absolute Gasteiger partial charge is 0.325 e. The monoisotopic (exact) mass is 448 g/mol. The molecule has 0 aliphatic rings. The van der Waals surface area contributed by atoms with E-state index in [4.69, 9.17) is 0 Å². The molecule has 0 aliphatic heterocycles. The van der Waals surface area contributed by atoms with Crippen molar-refractivity contribution >= 4 is 33.7 Å². The summed E-state index contributed by atoms with van der Waals surface area (Å²) in [5.74, 6) is -2.62. The van der Waals surface area contributed by atoms with Crippen LogP contribution in [0.1, 0.15) is 38.1 Å². The van der Waals surface area contributed by atoms with Crippen LogP contribution in [0.5, 0.6) is 0 Å². The van der Waals surface area contributed by atoms with Crippen LogP contribution in [-0.4, -0.2) is 57.3 Å². The number of amides is 3. The number of hydrogen-bond acceptors (Lipinski definition) is 8. The fourth-order valence-corrected chi connectivity index (χ4v) is 3.24. The molecular formula is C19H20N4O7S. The number of benzene rings is 1. The van der Waals surface area contributed by atoms with E-state index in [9.17, 15) is 27.6 Å². The van der Waals surface area contributed by atoms with Crippen molar-refractivity contribution in [1.29, 1.82) is 0 Å². The molecule has 2 rings (SSSR count). The third-order valence-electron chi connectivity index (χ3n) is 3.87. The van der Waals surface area contributed by atoms with E-state index in [1.807, 2.05) is 4.72 Å². The fraction of sp³-hybridized carbons (Fsp3) is 0.211. The first-order chi connectivity index (χ1) is 14.7. The SMILES string of the molecule is CCNC(=O)c1ccc(S(=O)(=O)NC(=O)c2ccc(C(=O)NCC(=O)OC)nc2)cc1. The summed E-state index contributed by atoms with van der Waals surface area (Å²) in [5, 5.41) is 4.86. The lowest BCUT2D eigenvalue weighted by Crippen LogP contribution is -2.32. The quantitative estimate of drug-likeness (QED) is 0.470. The number of ether oxygens (including phenoxy) is 1. The minimum Gasteiger partial charge on any atom is -0.468 e. The summed E-state index contributed by atoms with van der Waals surface area (Å²) in [7, 11) is -3.03. The zero-order valence-electron chi connectivity index (χ0n) is 16.7. The maximum atomic E-state index is 12.4. The Bertz CT molecular complexity index is 1080. The van der Waals surface area contributed by atoms with Crippen molar-refractivity contribution in [2.75, 3.05) is 20.2 Å². The molecular weight excluding hydrogens is 428 g/mol. The van der Waals surface area contributed by atoms with Gasteiger partial charge in [0.25, 0.3) is 27.7 Å². The third-order valence-corrected chi connectivity index (χ3v) is 5.22. The molecule has 0 unspecified atom stereocenters. The largest absolute Gasteiger partial charge is 0.468 e. The van der Waals surface area contributed by atoms with E-state index in [1.54, 1.807) is 6.92 Å². The summed E-state index contributed by atoms with van der Waals surface area (Å²) in [6.07, 6.45) is 1.02. The Balaban J connectivity index is 2.05. The molecule has 2 aromatic rings. The number of esters is 1. The summed E-state index contributed by atoms with van der Waals surface area (Å²) in [4.78, 5) is 50.5. The van der Waals surface area contributed by atoms with Gasteiger partial charge in [-0.25, -0.2) is 13.1 Å². The topological polar surface area (TPSA) is 161 Å². The Morgan fingerprint density at radius 2 is 1.55 bits per heavy atom. The molecule has 12 heteroatoms. The van der Waals surface area contributed by atoms with E-state index in [-0.39, 0.29) is 34.2 Å². The first-order valence-electron chi connectivity index (χ1n) is 8.94. The third kappa shape index (κ3) is 6.34. The van der Waals surface area contributed by atoms with Crippen molar-refractivity contribution in [2.45, 2.75) is 11.8 Å². The molecule has 0 bridgehead atoms. The predicted molar refractivity (Wildman–Crippen MR) is 108 cm³/mol. The molecule has 164 valence electrons. The number of methoxy groups -OCH3 is 1. The summed E-state index contributed by atoms with van der Waals surface area (Å²) < 4.78 is 31.1. The number of pyridine rings is 1. The normalized spacial score (nSPS) is 10.6. The van der Waals surface area contributed by atoms with Crippen molar-refractivity contribution in [1.82, 2.24) is 20.3 Å². The van der Waals surface area contributed by atoms with Crippen LogP contribution in [0, 0.1) is 0 Å². The summed E-state index contributed by atoms with van der Waals surface area (Å²) >= 11 is 0. The van der Waals surface area contributed by atoms with Crippen LogP contribution in [0.4, 0.5) is 0 Å². The van der Waals surface area contributed by atoms with Gasteiger partial charge in [0.2, 0.25) is 0 Å². The van der Waals surface area contributed by atoms with Gasteiger partial charge in [-0.2, -0.15) is 0 Å². The van der Waals surface area contributed by atoms with Gasteiger partial charge < -0.3 is 15.4 Å². The van der Waals surface area contributed by atoms with Crippen LogP contribution in [0.3, 0.4) is 0 Å². The molecule has 11 nitrogen and oxygen atoms in total. The highest BCUT2D eigenvalue weighted by Gasteiger charge is 2.20. The fourth-order valence-electron chi connectivity index (χ4n) is 2.27. The molecule has 3 amide bonds. The van der Waals surface area contributed by atoms with E-state index in [2.05, 4.69) is 20.4 Å². The number of carbonyl (C=O) groups excluding carboxylic acids is 4. The number of nitrogens with one attached hydrogen (secondary N) is 3. The van der Waals surface area contributed by atoms with E-state index < -0.39 is 27.8 Å². The van der Waals surface area contributed by atoms with Crippen LogP contribution in [0.2, 0.25) is 0 Å². The molecule has 0 fully saturated rings. The molecule has 31 heavy (non-hydrogen) atoms. The van der Waals surface area contributed by atoms with Gasteiger partial charge in [-0.15, -0.1) is 0 Å². The van der Waals surface area contributed by atoms with Crippen LogP contribution in [-0.2, 0) is 19.6 Å². The standard InChI is InChI=1S/C19H20N4O7S/c1-3-20-17(25)12-4-7-14(8-5-12)31(28,29)23-18(26)13-6-9-15(21-10-13)19(27)22-11-16(24)30-2/h4-10H,3,11H2,1-2H3,(H,20,25)(H,22,27)(H,23,26). The Morgan fingerprint density at radius 1 is 0.903 bits per heavy atom. The second-order valence-electron chi connectivity index (χ2n) is 6.01. The molecule has 0 atom stereocenters. The Morgan fingerprint density at radius 3 is 2.10 bits per heavy atom. The van der Waals surface area contributed by atoms with E-state index in [0.29, 0.717) is 6.54 Å². The number of rotatable bonds is 8. The van der Waals surface area contributed by atoms with Crippen molar-refractivity contribution in [3.8, 4) is 0 Å². The second kappa shape index (κ2) is 10.3. The van der Waals surface area contributed by atoms with Gasteiger partial charge in [-0.3, -0.25) is 24.2 Å². The minimum atomic E-state index is -4.20. The molecule has 0 saturated heterocycles. The molecule has 1 aromatic carbocycles. The average molecular weight is 448 g/mol. The number of nitrogens with zero attached hydrogens (tertiary/aromatic N) is 1. The molecule has 0 aliphatic carbocycles. The van der Waals surface area contributed by atoms with Gasteiger partial charge in [0.1, 0.15) is 12.2 Å². The first kappa shape index (κ1) is 23.5. The average Bonchev–Trinajstić information content (AvgIpc) is 2.77. The lowest BCUT2D eigenvalue weighted by molar-refractivity contribution is -0.139. The summed E-state index contributed by atoms with van der Waals surface area (Å²) in [5.41, 5.74) is 0.0914.